The molecule has 0 aromatic heterocycles. The van der Waals surface area contributed by atoms with E-state index in [1.165, 1.54) is 18.2 Å². The number of rotatable bonds is 6. The summed E-state index contributed by atoms with van der Waals surface area (Å²) in [6, 6.07) is 14.8. The van der Waals surface area contributed by atoms with Crippen molar-refractivity contribution in [2.45, 2.75) is 32.7 Å². The molecule has 1 aliphatic heterocycles. The smallest absolute Gasteiger partial charge is 0.260 e. The van der Waals surface area contributed by atoms with Gasteiger partial charge in [0.15, 0.2) is 6.61 Å². The van der Waals surface area contributed by atoms with Gasteiger partial charge in [0.05, 0.1) is 0 Å². The Morgan fingerprint density at radius 3 is 2.36 bits per heavy atom. The molecule has 1 fully saturated rings. The van der Waals surface area contributed by atoms with Crippen molar-refractivity contribution in [3.63, 3.8) is 0 Å². The molecule has 0 atom stereocenters. The lowest BCUT2D eigenvalue weighted by molar-refractivity contribution is -0.135. The van der Waals surface area contributed by atoms with E-state index in [0.717, 1.165) is 37.3 Å². The van der Waals surface area contributed by atoms with Crippen molar-refractivity contribution in [3.8, 4) is 5.75 Å². The molecule has 0 radical (unpaired) electrons. The highest BCUT2D eigenvalue weighted by Crippen LogP contribution is 2.20. The first-order valence-electron chi connectivity index (χ1n) is 9.34. The summed E-state index contributed by atoms with van der Waals surface area (Å²) in [6.07, 6.45) is 2.35. The van der Waals surface area contributed by atoms with Crippen molar-refractivity contribution in [1.29, 1.82) is 0 Å². The Kier molecular flexibility index (Phi) is 5.92. The monoisotopic (exact) mass is 340 g/mol. The Labute approximate surface area is 150 Å². The molecular formula is C21H28N2O2. The Morgan fingerprint density at radius 1 is 1.00 bits per heavy atom. The van der Waals surface area contributed by atoms with Gasteiger partial charge in [-0.1, -0.05) is 44.2 Å². The largest absolute Gasteiger partial charge is 0.484 e. The van der Waals surface area contributed by atoms with Gasteiger partial charge in [0, 0.05) is 32.2 Å². The predicted octanol–water partition coefficient (Wildman–Crippen LogP) is 3.55. The average Bonchev–Trinajstić information content (AvgIpc) is 2.67. The molecule has 25 heavy (non-hydrogen) atoms. The molecule has 1 saturated heterocycles. The van der Waals surface area contributed by atoms with Gasteiger partial charge in [-0.15, -0.1) is 0 Å². The number of ether oxygens (including phenoxy) is 1. The Hall–Kier alpha value is -2.07. The van der Waals surface area contributed by atoms with E-state index in [1.54, 1.807) is 0 Å². The van der Waals surface area contributed by atoms with E-state index in [0.29, 0.717) is 6.04 Å². The molecule has 1 heterocycles. The van der Waals surface area contributed by atoms with Gasteiger partial charge >= 0.3 is 0 Å². The average molecular weight is 340 g/mol. The molecule has 0 unspecified atom stereocenters. The molecule has 2 aromatic rings. The van der Waals surface area contributed by atoms with E-state index in [2.05, 4.69) is 30.9 Å². The fourth-order valence-corrected chi connectivity index (χ4v) is 3.64. The number of fused-ring (bicyclic) bond motifs is 1. The number of piperazine rings is 1. The summed E-state index contributed by atoms with van der Waals surface area (Å²) < 4.78 is 5.74. The van der Waals surface area contributed by atoms with E-state index in [-0.39, 0.29) is 12.5 Å². The minimum absolute atomic E-state index is 0.0809. The third kappa shape index (κ3) is 4.31. The molecule has 3 rings (SSSR count). The number of hydrogen-bond acceptors (Lipinski definition) is 3. The number of carbonyl (C=O) groups excluding carboxylic acids is 1. The third-order valence-electron chi connectivity index (χ3n) is 5.21. The van der Waals surface area contributed by atoms with Crippen LogP contribution < -0.4 is 4.74 Å². The van der Waals surface area contributed by atoms with Gasteiger partial charge in [-0.05, 0) is 35.7 Å². The second-order valence-corrected chi connectivity index (χ2v) is 6.68. The van der Waals surface area contributed by atoms with Crippen molar-refractivity contribution < 1.29 is 9.53 Å². The van der Waals surface area contributed by atoms with Gasteiger partial charge in [0.25, 0.3) is 5.91 Å². The second-order valence-electron chi connectivity index (χ2n) is 6.68. The summed E-state index contributed by atoms with van der Waals surface area (Å²) in [6.45, 7) is 8.13. The molecule has 2 aromatic carbocycles. The van der Waals surface area contributed by atoms with Crippen LogP contribution in [0.4, 0.5) is 0 Å². The highest BCUT2D eigenvalue weighted by atomic mass is 16.5. The molecule has 0 aliphatic carbocycles. The SMILES string of the molecule is CCC(CC)N1CCN(C(=O)COc2ccc3ccccc3c2)CC1. The lowest BCUT2D eigenvalue weighted by Gasteiger charge is -2.38. The van der Waals surface area contributed by atoms with E-state index < -0.39 is 0 Å². The fraction of sp³-hybridized carbons (Fsp3) is 0.476. The highest BCUT2D eigenvalue weighted by molar-refractivity contribution is 5.84. The van der Waals surface area contributed by atoms with Crippen molar-refractivity contribution in [2.24, 2.45) is 0 Å². The standard InChI is InChI=1S/C21H28N2O2/c1-3-19(4-2)22-11-13-23(14-12-22)21(24)16-25-20-10-9-17-7-5-6-8-18(17)15-20/h5-10,15,19H,3-4,11-14,16H2,1-2H3. The minimum Gasteiger partial charge on any atom is -0.484 e. The molecule has 1 aliphatic rings. The van der Waals surface area contributed by atoms with Gasteiger partial charge in [-0.2, -0.15) is 0 Å². The number of hydrogen-bond donors (Lipinski definition) is 0. The highest BCUT2D eigenvalue weighted by Gasteiger charge is 2.24. The third-order valence-corrected chi connectivity index (χ3v) is 5.21. The van der Waals surface area contributed by atoms with Gasteiger partial charge in [-0.25, -0.2) is 0 Å². The molecule has 1 amide bonds. The van der Waals surface area contributed by atoms with Crippen LogP contribution in [0.3, 0.4) is 0 Å². The maximum Gasteiger partial charge on any atom is 0.260 e. The normalized spacial score (nSPS) is 15.7. The zero-order chi connectivity index (χ0) is 17.6. The summed E-state index contributed by atoms with van der Waals surface area (Å²) >= 11 is 0. The zero-order valence-corrected chi connectivity index (χ0v) is 15.3. The maximum atomic E-state index is 12.4. The van der Waals surface area contributed by atoms with Crippen LogP contribution in [0.5, 0.6) is 5.75 Å². The van der Waals surface area contributed by atoms with Crippen molar-refractivity contribution in [2.75, 3.05) is 32.8 Å². The first-order chi connectivity index (χ1) is 12.2. The van der Waals surface area contributed by atoms with Gasteiger partial charge in [-0.3, -0.25) is 9.69 Å². The Morgan fingerprint density at radius 2 is 1.68 bits per heavy atom. The lowest BCUT2D eigenvalue weighted by atomic mass is 10.1. The van der Waals surface area contributed by atoms with Gasteiger partial charge in [0.1, 0.15) is 5.75 Å². The Balaban J connectivity index is 1.51. The summed E-state index contributed by atoms with van der Waals surface area (Å²) in [5, 5.41) is 2.31. The van der Waals surface area contributed by atoms with Crippen LogP contribution in [0.15, 0.2) is 42.5 Å². The molecule has 134 valence electrons. The molecular weight excluding hydrogens is 312 g/mol. The first kappa shape index (κ1) is 17.7. The van der Waals surface area contributed by atoms with Crippen LogP contribution in [0.2, 0.25) is 0 Å². The van der Waals surface area contributed by atoms with E-state index >= 15 is 0 Å². The Bertz CT molecular complexity index is 704. The van der Waals surface area contributed by atoms with Crippen LogP contribution in [0.25, 0.3) is 10.8 Å². The van der Waals surface area contributed by atoms with Crippen LogP contribution in [-0.2, 0) is 4.79 Å². The molecule has 4 nitrogen and oxygen atoms in total. The summed E-state index contributed by atoms with van der Waals surface area (Å²) in [7, 11) is 0. The molecule has 0 N–H and O–H groups in total. The summed E-state index contributed by atoms with van der Waals surface area (Å²) in [5.41, 5.74) is 0. The molecule has 0 bridgehead atoms. The van der Waals surface area contributed by atoms with Crippen LogP contribution >= 0.6 is 0 Å². The summed E-state index contributed by atoms with van der Waals surface area (Å²) in [5.74, 6) is 0.833. The van der Waals surface area contributed by atoms with Gasteiger partial charge in [0.2, 0.25) is 0 Å². The zero-order valence-electron chi connectivity index (χ0n) is 15.3. The van der Waals surface area contributed by atoms with Crippen molar-refractivity contribution >= 4 is 16.7 Å². The lowest BCUT2D eigenvalue weighted by Crippen LogP contribution is -2.52. The predicted molar refractivity (Wildman–Crippen MR) is 102 cm³/mol. The molecule has 0 spiro atoms. The van der Waals surface area contributed by atoms with E-state index in [1.807, 2.05) is 35.2 Å². The van der Waals surface area contributed by atoms with Crippen LogP contribution in [-0.4, -0.2) is 54.5 Å². The van der Waals surface area contributed by atoms with E-state index in [4.69, 9.17) is 4.74 Å². The first-order valence-corrected chi connectivity index (χ1v) is 9.34. The minimum atomic E-state index is 0.0809. The number of amides is 1. The topological polar surface area (TPSA) is 32.8 Å². The van der Waals surface area contributed by atoms with Crippen molar-refractivity contribution in [3.05, 3.63) is 42.5 Å². The number of nitrogens with zero attached hydrogens (tertiary/aromatic N) is 2. The molecule has 4 heteroatoms. The maximum absolute atomic E-state index is 12.4. The number of carbonyl (C=O) groups is 1. The van der Waals surface area contributed by atoms with E-state index in [9.17, 15) is 4.79 Å². The van der Waals surface area contributed by atoms with Crippen LogP contribution in [0.1, 0.15) is 26.7 Å². The van der Waals surface area contributed by atoms with Crippen LogP contribution in [0, 0.1) is 0 Å². The van der Waals surface area contributed by atoms with Crippen molar-refractivity contribution in [1.82, 2.24) is 9.80 Å². The quantitative estimate of drug-likeness (QED) is 0.806. The molecule has 0 saturated carbocycles. The number of benzene rings is 2. The van der Waals surface area contributed by atoms with Gasteiger partial charge < -0.3 is 9.64 Å². The summed E-state index contributed by atoms with van der Waals surface area (Å²) in [4.78, 5) is 16.9. The second kappa shape index (κ2) is 8.34. The fourth-order valence-electron chi connectivity index (χ4n) is 3.64.